The van der Waals surface area contributed by atoms with Crippen molar-refractivity contribution in [2.24, 2.45) is 11.8 Å². The molecule has 1 fully saturated rings. The van der Waals surface area contributed by atoms with Crippen molar-refractivity contribution >= 4 is 35.0 Å². The molecular weight excluding hydrogens is 422 g/mol. The van der Waals surface area contributed by atoms with Crippen LogP contribution in [-0.4, -0.2) is 32.7 Å². The highest BCUT2D eigenvalue weighted by Crippen LogP contribution is 2.36. The molecule has 1 saturated heterocycles. The molecule has 4 rings (SSSR count). The number of amides is 3. The molecule has 0 radical (unpaired) electrons. The fourth-order valence-corrected chi connectivity index (χ4v) is 4.02. The second-order valence-electron chi connectivity index (χ2n) is 7.44. The van der Waals surface area contributed by atoms with Crippen LogP contribution in [0.5, 0.6) is 0 Å². The summed E-state index contributed by atoms with van der Waals surface area (Å²) in [5.74, 6) is -2.35. The Kier molecular flexibility index (Phi) is 5.56. The van der Waals surface area contributed by atoms with Gasteiger partial charge in [-0.3, -0.25) is 24.5 Å². The normalized spacial score (nSPS) is 20.0. The van der Waals surface area contributed by atoms with Gasteiger partial charge in [0, 0.05) is 22.7 Å². The zero-order chi connectivity index (χ0) is 22.1. The van der Waals surface area contributed by atoms with Crippen molar-refractivity contribution in [3.8, 4) is 0 Å². The van der Waals surface area contributed by atoms with Gasteiger partial charge >= 0.3 is 0 Å². The van der Waals surface area contributed by atoms with Gasteiger partial charge in [0.1, 0.15) is 0 Å². The molecule has 1 aliphatic carbocycles. The molecule has 9 heteroatoms. The molecule has 1 aliphatic heterocycles. The molecule has 31 heavy (non-hydrogen) atoms. The number of non-ortho nitro benzene ring substituents is 1. The number of nitrogens with zero attached hydrogens (tertiary/aromatic N) is 3. The number of halogens is 1. The van der Waals surface area contributed by atoms with E-state index in [-0.39, 0.29) is 17.8 Å². The van der Waals surface area contributed by atoms with Crippen LogP contribution in [0.1, 0.15) is 28.8 Å². The Labute approximate surface area is 182 Å². The number of rotatable bonds is 5. The van der Waals surface area contributed by atoms with Crippen molar-refractivity contribution in [3.63, 3.8) is 0 Å². The number of hydrazine groups is 1. The van der Waals surface area contributed by atoms with Crippen molar-refractivity contribution in [1.82, 2.24) is 10.0 Å². The first-order chi connectivity index (χ1) is 14.9. The highest BCUT2D eigenvalue weighted by molar-refractivity contribution is 6.30. The smallest absolute Gasteiger partial charge is 0.272 e. The van der Waals surface area contributed by atoms with Gasteiger partial charge < -0.3 is 0 Å². The van der Waals surface area contributed by atoms with Crippen molar-refractivity contribution < 1.29 is 19.3 Å². The summed E-state index contributed by atoms with van der Waals surface area (Å²) >= 11 is 5.92. The molecule has 158 valence electrons. The number of carbonyl (C=O) groups excluding carboxylic acids is 3. The molecule has 0 unspecified atom stereocenters. The minimum atomic E-state index is -0.539. The molecule has 3 amide bonds. The van der Waals surface area contributed by atoms with Gasteiger partial charge in [0.25, 0.3) is 23.4 Å². The maximum absolute atomic E-state index is 13.3. The molecule has 0 saturated carbocycles. The monoisotopic (exact) mass is 439 g/mol. The number of fused-ring (bicyclic) bond motifs is 1. The average molecular weight is 440 g/mol. The van der Waals surface area contributed by atoms with Crippen LogP contribution in [0.25, 0.3) is 0 Å². The van der Waals surface area contributed by atoms with E-state index in [9.17, 15) is 24.5 Å². The topological polar surface area (TPSA) is 101 Å². The minimum Gasteiger partial charge on any atom is -0.272 e. The number of hydrogen-bond donors (Lipinski definition) is 0. The van der Waals surface area contributed by atoms with Crippen LogP contribution in [0, 0.1) is 22.0 Å². The maximum atomic E-state index is 13.3. The first-order valence-corrected chi connectivity index (χ1v) is 10.1. The zero-order valence-corrected chi connectivity index (χ0v) is 17.1. The number of benzene rings is 2. The second kappa shape index (κ2) is 8.31. The molecule has 2 aliphatic rings. The third-order valence-electron chi connectivity index (χ3n) is 5.53. The van der Waals surface area contributed by atoms with Gasteiger partial charge in [-0.1, -0.05) is 35.9 Å². The van der Waals surface area contributed by atoms with Gasteiger partial charge in [0.05, 0.1) is 23.3 Å². The lowest BCUT2D eigenvalue weighted by Crippen LogP contribution is -2.49. The van der Waals surface area contributed by atoms with E-state index >= 15 is 0 Å². The summed E-state index contributed by atoms with van der Waals surface area (Å²) < 4.78 is 0. The van der Waals surface area contributed by atoms with Crippen molar-refractivity contribution in [2.45, 2.75) is 19.4 Å². The Morgan fingerprint density at radius 2 is 1.55 bits per heavy atom. The van der Waals surface area contributed by atoms with E-state index in [0.717, 1.165) is 10.0 Å². The summed E-state index contributed by atoms with van der Waals surface area (Å²) in [6.07, 6.45) is 4.65. The van der Waals surface area contributed by atoms with E-state index in [1.807, 2.05) is 12.2 Å². The number of allylic oxidation sites excluding steroid dienone is 2. The molecule has 8 nitrogen and oxygen atoms in total. The number of hydrogen-bond acceptors (Lipinski definition) is 5. The summed E-state index contributed by atoms with van der Waals surface area (Å²) in [7, 11) is 0. The summed E-state index contributed by atoms with van der Waals surface area (Å²) in [4.78, 5) is 49.9. The molecule has 2 aromatic rings. The largest absolute Gasteiger partial charge is 0.273 e. The molecule has 0 aromatic heterocycles. The van der Waals surface area contributed by atoms with Gasteiger partial charge in [-0.2, -0.15) is 5.01 Å². The van der Waals surface area contributed by atoms with E-state index in [0.29, 0.717) is 23.4 Å². The van der Waals surface area contributed by atoms with E-state index < -0.39 is 34.5 Å². The summed E-state index contributed by atoms with van der Waals surface area (Å²) in [5.41, 5.74) is 0.714. The lowest BCUT2D eigenvalue weighted by molar-refractivity contribution is -0.384. The Morgan fingerprint density at radius 1 is 1.00 bits per heavy atom. The SMILES string of the molecule is O=C(c1ccc(Cl)cc1)N(Cc1ccc([N+](=O)[O-])cc1)N1C(=O)[C@@H]2CC=CC[C@H]2C1=O. The average Bonchev–Trinajstić information content (AvgIpc) is 3.03. The fraction of sp³-hybridized carbons (Fsp3) is 0.227. The third-order valence-corrected chi connectivity index (χ3v) is 5.78. The first-order valence-electron chi connectivity index (χ1n) is 9.70. The third kappa shape index (κ3) is 3.94. The van der Waals surface area contributed by atoms with Crippen molar-refractivity contribution in [2.75, 3.05) is 0 Å². The van der Waals surface area contributed by atoms with Gasteiger partial charge in [0.2, 0.25) is 0 Å². The van der Waals surface area contributed by atoms with E-state index in [4.69, 9.17) is 11.6 Å². The van der Waals surface area contributed by atoms with Gasteiger partial charge in [-0.05, 0) is 42.7 Å². The second-order valence-corrected chi connectivity index (χ2v) is 7.87. The zero-order valence-electron chi connectivity index (χ0n) is 16.3. The van der Waals surface area contributed by atoms with Crippen LogP contribution in [0.4, 0.5) is 5.69 Å². The van der Waals surface area contributed by atoms with Crippen LogP contribution < -0.4 is 0 Å². The number of carbonyl (C=O) groups is 3. The van der Waals surface area contributed by atoms with Gasteiger partial charge in [0.15, 0.2) is 0 Å². The molecule has 2 aromatic carbocycles. The Balaban J connectivity index is 1.69. The lowest BCUT2D eigenvalue weighted by atomic mass is 9.85. The Bertz CT molecular complexity index is 1060. The molecule has 2 atom stereocenters. The van der Waals surface area contributed by atoms with Crippen molar-refractivity contribution in [1.29, 1.82) is 0 Å². The molecule has 0 bridgehead atoms. The van der Waals surface area contributed by atoms with Crippen LogP contribution in [0.3, 0.4) is 0 Å². The van der Waals surface area contributed by atoms with Crippen LogP contribution in [0.2, 0.25) is 5.02 Å². The van der Waals surface area contributed by atoms with Gasteiger partial charge in [-0.15, -0.1) is 0 Å². The predicted octanol–water partition coefficient (Wildman–Crippen LogP) is 3.76. The summed E-state index contributed by atoms with van der Waals surface area (Å²) in [6.45, 7) is -0.0934. The molecule has 1 heterocycles. The predicted molar refractivity (Wildman–Crippen MR) is 112 cm³/mol. The first kappa shape index (κ1) is 20.7. The van der Waals surface area contributed by atoms with Crippen LogP contribution >= 0.6 is 11.6 Å². The molecule has 0 spiro atoms. The minimum absolute atomic E-state index is 0.0928. The number of imide groups is 1. The Hall–Kier alpha value is -3.52. The maximum Gasteiger partial charge on any atom is 0.273 e. The van der Waals surface area contributed by atoms with Crippen molar-refractivity contribution in [3.05, 3.63) is 86.9 Å². The highest BCUT2D eigenvalue weighted by atomic mass is 35.5. The standard InChI is InChI=1S/C22H18ClN3O5/c23-16-9-7-15(8-10-16)20(27)24(13-14-5-11-17(12-6-14)26(30)31)25-21(28)18-3-1-2-4-19(18)22(25)29/h1-2,5-12,18-19H,3-4,13H2/t18-,19-/m1/s1. The van der Waals surface area contributed by atoms with Gasteiger partial charge in [-0.25, -0.2) is 5.01 Å². The van der Waals surface area contributed by atoms with E-state index in [1.54, 1.807) is 12.1 Å². The Morgan fingerprint density at radius 3 is 2.06 bits per heavy atom. The van der Waals surface area contributed by atoms with E-state index in [1.165, 1.54) is 36.4 Å². The fourth-order valence-electron chi connectivity index (χ4n) is 3.89. The quantitative estimate of drug-likeness (QED) is 0.305. The molecular formula is C22H18ClN3O5. The lowest BCUT2D eigenvalue weighted by Gasteiger charge is -2.30. The van der Waals surface area contributed by atoms with E-state index in [2.05, 4.69) is 0 Å². The van der Waals surface area contributed by atoms with Crippen LogP contribution in [-0.2, 0) is 16.1 Å². The molecule has 0 N–H and O–H groups in total. The number of nitro benzene ring substituents is 1. The van der Waals surface area contributed by atoms with Crippen LogP contribution in [0.15, 0.2) is 60.7 Å². The number of nitro groups is 1. The summed E-state index contributed by atoms with van der Waals surface area (Å²) in [5, 5.41) is 13.4. The highest BCUT2D eigenvalue weighted by Gasteiger charge is 2.50. The summed E-state index contributed by atoms with van der Waals surface area (Å²) in [6, 6.07) is 11.8.